The van der Waals surface area contributed by atoms with Crippen LogP contribution in [0.4, 0.5) is 0 Å². The van der Waals surface area contributed by atoms with E-state index in [1.807, 2.05) is 0 Å². The van der Waals surface area contributed by atoms with Gasteiger partial charge in [-0.2, -0.15) is 0 Å². The van der Waals surface area contributed by atoms with Crippen molar-refractivity contribution in [2.75, 3.05) is 6.26 Å². The maximum Gasteiger partial charge on any atom is 0.242 e. The van der Waals surface area contributed by atoms with Gasteiger partial charge in [0.05, 0.1) is 6.26 Å². The van der Waals surface area contributed by atoms with Gasteiger partial charge in [0.15, 0.2) is 0 Å². The average molecular weight is 372 g/mol. The van der Waals surface area contributed by atoms with Crippen LogP contribution in [0.15, 0.2) is 23.2 Å². The number of halogens is 1. The number of hydrogen-bond acceptors (Lipinski definition) is 5. The minimum Gasteiger partial charge on any atom is -0.243 e. The third kappa shape index (κ3) is 10.1. The highest BCUT2D eigenvalue weighted by Crippen LogP contribution is 2.10. The Bertz CT molecular complexity index is 656. The summed E-state index contributed by atoms with van der Waals surface area (Å²) in [5.74, 6) is 0. The molecule has 0 aromatic carbocycles. The second-order valence-corrected chi connectivity index (χ2v) is 9.02. The van der Waals surface area contributed by atoms with Crippen molar-refractivity contribution < 1.29 is 16.8 Å². The van der Waals surface area contributed by atoms with Gasteiger partial charge in [-0.05, 0) is 39.8 Å². The van der Waals surface area contributed by atoms with Gasteiger partial charge >= 0.3 is 0 Å². The molecule has 2 N–H and O–H groups in total. The Morgan fingerprint density at radius 2 is 1.50 bits per heavy atom. The van der Waals surface area contributed by atoms with Gasteiger partial charge in [0, 0.05) is 18.3 Å². The lowest BCUT2D eigenvalue weighted by Gasteiger charge is -2.08. The van der Waals surface area contributed by atoms with E-state index in [0.29, 0.717) is 0 Å². The van der Waals surface area contributed by atoms with Gasteiger partial charge in [0.1, 0.15) is 10.0 Å². The Labute approximate surface area is 137 Å². The van der Waals surface area contributed by atoms with Gasteiger partial charge in [0.25, 0.3) is 0 Å². The van der Waals surface area contributed by atoms with Crippen LogP contribution in [-0.4, -0.2) is 40.2 Å². The number of sulfonamides is 2. The van der Waals surface area contributed by atoms with Crippen molar-refractivity contribution in [1.82, 2.24) is 14.4 Å². The molecule has 1 heterocycles. The molecule has 0 spiro atoms. The highest BCUT2D eigenvalue weighted by Gasteiger charge is 2.15. The van der Waals surface area contributed by atoms with Crippen molar-refractivity contribution in [3.63, 3.8) is 0 Å². The Morgan fingerprint density at radius 3 is 1.77 bits per heavy atom. The van der Waals surface area contributed by atoms with Gasteiger partial charge in [-0.3, -0.25) is 0 Å². The largest absolute Gasteiger partial charge is 0.243 e. The van der Waals surface area contributed by atoms with Crippen molar-refractivity contribution in [3.05, 3.63) is 23.5 Å². The van der Waals surface area contributed by atoms with Crippen molar-refractivity contribution in [2.45, 2.75) is 44.7 Å². The third-order valence-electron chi connectivity index (χ3n) is 1.85. The second kappa shape index (κ2) is 8.78. The van der Waals surface area contributed by atoms with E-state index in [1.54, 1.807) is 27.7 Å². The van der Waals surface area contributed by atoms with Crippen molar-refractivity contribution in [1.29, 1.82) is 0 Å². The molecule has 1 rings (SSSR count). The van der Waals surface area contributed by atoms with Crippen LogP contribution in [-0.2, 0) is 20.0 Å². The monoisotopic (exact) mass is 371 g/mol. The summed E-state index contributed by atoms with van der Waals surface area (Å²) in [5, 5.41) is 0.272. The predicted octanol–water partition coefficient (Wildman–Crippen LogP) is 1.37. The molecule has 0 saturated carbocycles. The van der Waals surface area contributed by atoms with Crippen LogP contribution in [0.5, 0.6) is 0 Å². The third-order valence-corrected chi connectivity index (χ3v) is 4.62. The van der Waals surface area contributed by atoms with Gasteiger partial charge in [-0.15, -0.1) is 0 Å². The lowest BCUT2D eigenvalue weighted by molar-refractivity contribution is 0.569. The molecule has 1 aromatic rings. The maximum atomic E-state index is 11.6. The first-order valence-corrected chi connectivity index (χ1v) is 10.2. The Hall–Kier alpha value is -0.740. The Kier molecular flexibility index (Phi) is 8.48. The molecular weight excluding hydrogens is 350 g/mol. The zero-order chi connectivity index (χ0) is 17.6. The first kappa shape index (κ1) is 21.3. The highest BCUT2D eigenvalue weighted by atomic mass is 35.5. The number of aromatic nitrogens is 1. The topological polar surface area (TPSA) is 105 Å². The summed E-state index contributed by atoms with van der Waals surface area (Å²) in [7, 11) is -6.42. The van der Waals surface area contributed by atoms with Crippen LogP contribution in [0.2, 0.25) is 5.15 Å². The van der Waals surface area contributed by atoms with Crippen LogP contribution >= 0.6 is 11.6 Å². The van der Waals surface area contributed by atoms with Crippen LogP contribution in [0.25, 0.3) is 0 Å². The number of hydrogen-bond donors (Lipinski definition) is 2. The molecule has 0 atom stereocenters. The quantitative estimate of drug-likeness (QED) is 0.760. The molecule has 128 valence electrons. The summed E-state index contributed by atoms with van der Waals surface area (Å²) in [4.78, 5) is 3.82. The zero-order valence-electron chi connectivity index (χ0n) is 13.2. The molecule has 10 heteroatoms. The van der Waals surface area contributed by atoms with E-state index >= 15 is 0 Å². The minimum absolute atomic E-state index is 0.00463. The molecule has 7 nitrogen and oxygen atoms in total. The molecule has 0 aliphatic carbocycles. The molecule has 0 saturated heterocycles. The molecule has 0 fully saturated rings. The summed E-state index contributed by atoms with van der Waals surface area (Å²) < 4.78 is 48.6. The van der Waals surface area contributed by atoms with E-state index in [-0.39, 0.29) is 22.1 Å². The van der Waals surface area contributed by atoms with E-state index in [9.17, 15) is 16.8 Å². The average Bonchev–Trinajstić information content (AvgIpc) is 2.24. The van der Waals surface area contributed by atoms with Crippen molar-refractivity contribution >= 4 is 31.6 Å². The smallest absolute Gasteiger partial charge is 0.242 e. The van der Waals surface area contributed by atoms with E-state index in [1.165, 1.54) is 18.3 Å². The van der Waals surface area contributed by atoms with Crippen LogP contribution in [0.3, 0.4) is 0 Å². The number of nitrogens with zero attached hydrogens (tertiary/aromatic N) is 1. The number of rotatable bonds is 5. The molecule has 0 aliphatic rings. The molecule has 0 amide bonds. The molecule has 22 heavy (non-hydrogen) atoms. The lowest BCUT2D eigenvalue weighted by atomic mass is 10.4. The molecule has 1 aromatic heterocycles. The first-order valence-electron chi connectivity index (χ1n) is 6.44. The van der Waals surface area contributed by atoms with Gasteiger partial charge in [0.2, 0.25) is 20.0 Å². The van der Waals surface area contributed by atoms with Crippen LogP contribution in [0.1, 0.15) is 27.7 Å². The molecule has 0 aliphatic heterocycles. The first-order chi connectivity index (χ1) is 9.83. The predicted molar refractivity (Wildman–Crippen MR) is 87.8 cm³/mol. The second-order valence-electron chi connectivity index (χ2n) is 5.14. The van der Waals surface area contributed by atoms with Gasteiger partial charge < -0.3 is 0 Å². The summed E-state index contributed by atoms with van der Waals surface area (Å²) in [6.07, 6.45) is 2.38. The van der Waals surface area contributed by atoms with Gasteiger partial charge in [-0.1, -0.05) is 11.6 Å². The van der Waals surface area contributed by atoms with Crippen molar-refractivity contribution in [3.8, 4) is 0 Å². The maximum absolute atomic E-state index is 11.6. The number of pyridine rings is 1. The number of nitrogens with one attached hydrogen (secondary N) is 2. The van der Waals surface area contributed by atoms with E-state index in [2.05, 4.69) is 14.4 Å². The van der Waals surface area contributed by atoms with Gasteiger partial charge in [-0.25, -0.2) is 31.3 Å². The molecule has 0 radical (unpaired) electrons. The highest BCUT2D eigenvalue weighted by molar-refractivity contribution is 7.89. The van der Waals surface area contributed by atoms with E-state index in [4.69, 9.17) is 11.6 Å². The van der Waals surface area contributed by atoms with Crippen LogP contribution < -0.4 is 9.44 Å². The molecular formula is C12H22ClN3O4S2. The summed E-state index contributed by atoms with van der Waals surface area (Å²) in [5.41, 5.74) is 0. The fourth-order valence-corrected chi connectivity index (χ4v) is 3.49. The minimum atomic E-state index is -3.45. The Morgan fingerprint density at radius 1 is 1.00 bits per heavy atom. The summed E-state index contributed by atoms with van der Waals surface area (Å²) in [6, 6.07) is 2.72. The molecule has 0 bridgehead atoms. The molecule has 0 unspecified atom stereocenters. The Balaban J connectivity index is 0.000000472. The fourth-order valence-electron chi connectivity index (χ4n) is 1.33. The fraction of sp³-hybridized carbons (Fsp3) is 0.583. The standard InChI is InChI=1S/C8H11ClN2O2S.C4H11NO2S/c1-6(2)11-14(12,13)7-3-4-8(9)10-5-7;1-4(2)5-8(3,6)7/h3-6,11H,1-2H3;4-5H,1-3H3. The van der Waals surface area contributed by atoms with Crippen LogP contribution in [0, 0.1) is 0 Å². The van der Waals surface area contributed by atoms with Crippen molar-refractivity contribution in [2.24, 2.45) is 0 Å². The SMILES string of the molecule is CC(C)NS(=O)(=O)c1ccc(Cl)nc1.CC(C)NS(C)(=O)=O. The lowest BCUT2D eigenvalue weighted by Crippen LogP contribution is -2.30. The van der Waals surface area contributed by atoms with E-state index < -0.39 is 20.0 Å². The summed E-state index contributed by atoms with van der Waals surface area (Å²) >= 11 is 5.54. The zero-order valence-corrected chi connectivity index (χ0v) is 15.6. The summed E-state index contributed by atoms with van der Waals surface area (Å²) in [6.45, 7) is 7.06. The normalized spacial score (nSPS) is 12.2. The van der Waals surface area contributed by atoms with E-state index in [0.717, 1.165) is 6.26 Å².